The molecule has 2 aromatic carbocycles. The van der Waals surface area contributed by atoms with Crippen molar-refractivity contribution in [3.8, 4) is 11.5 Å². The number of carbonyl (C=O) groups is 2. The molecule has 1 aromatic heterocycles. The molecular formula is C20H20N4O6S. The Morgan fingerprint density at radius 1 is 1.06 bits per heavy atom. The number of anilines is 1. The average molecular weight is 444 g/mol. The van der Waals surface area contributed by atoms with Crippen LogP contribution < -0.4 is 5.32 Å². The molecule has 0 saturated carbocycles. The van der Waals surface area contributed by atoms with Crippen LogP contribution in [0.1, 0.15) is 5.56 Å². The van der Waals surface area contributed by atoms with Crippen molar-refractivity contribution >= 4 is 27.9 Å². The van der Waals surface area contributed by atoms with Gasteiger partial charge in [-0.3, -0.25) is 14.9 Å². The molecule has 0 saturated heterocycles. The summed E-state index contributed by atoms with van der Waals surface area (Å²) in [4.78, 5) is 24.0. The number of aryl methyl sites for hydroxylation is 1. The Hall–Kier alpha value is -3.57. The maximum Gasteiger partial charge on any atom is 0.322 e. The molecule has 0 aliphatic rings. The maximum absolute atomic E-state index is 12.5. The molecule has 0 atom stereocenters. The van der Waals surface area contributed by atoms with Crippen molar-refractivity contribution in [1.29, 1.82) is 0 Å². The van der Waals surface area contributed by atoms with E-state index in [0.29, 0.717) is 5.56 Å². The van der Waals surface area contributed by atoms with Crippen molar-refractivity contribution in [3.63, 3.8) is 0 Å². The van der Waals surface area contributed by atoms with Gasteiger partial charge < -0.3 is 9.15 Å². The fourth-order valence-corrected chi connectivity index (χ4v) is 3.59. The number of amides is 1. The van der Waals surface area contributed by atoms with Gasteiger partial charge in [0, 0.05) is 12.6 Å². The fraction of sp³-hybridized carbons (Fsp3) is 0.200. The molecule has 1 N–H and O–H groups in total. The van der Waals surface area contributed by atoms with Gasteiger partial charge in [0.2, 0.25) is 15.9 Å². The summed E-state index contributed by atoms with van der Waals surface area (Å²) in [6.07, 6.45) is 0. The summed E-state index contributed by atoms with van der Waals surface area (Å²) in [5.74, 6) is -1.37. The van der Waals surface area contributed by atoms with E-state index in [9.17, 15) is 18.0 Å². The molecule has 3 aromatic rings. The van der Waals surface area contributed by atoms with Crippen LogP contribution in [0.4, 0.5) is 6.01 Å². The fourth-order valence-electron chi connectivity index (χ4n) is 2.48. The van der Waals surface area contributed by atoms with Crippen molar-refractivity contribution in [2.45, 2.75) is 11.8 Å². The second-order valence-corrected chi connectivity index (χ2v) is 8.61. The van der Waals surface area contributed by atoms with E-state index in [4.69, 9.17) is 9.15 Å². The van der Waals surface area contributed by atoms with Crippen molar-refractivity contribution in [2.24, 2.45) is 0 Å². The van der Waals surface area contributed by atoms with Crippen molar-refractivity contribution in [1.82, 2.24) is 14.5 Å². The molecule has 0 aliphatic heterocycles. The van der Waals surface area contributed by atoms with Crippen molar-refractivity contribution in [3.05, 3.63) is 60.2 Å². The molecule has 31 heavy (non-hydrogen) atoms. The number of likely N-dealkylation sites (N-methyl/N-ethyl adjacent to an activating group) is 1. The Kier molecular flexibility index (Phi) is 6.78. The Bertz CT molecular complexity index is 1160. The molecule has 10 nitrogen and oxygen atoms in total. The number of hydrogen-bond acceptors (Lipinski definition) is 8. The SMILES string of the molecule is Cc1ccc(S(=O)(=O)N(C)CC(=O)OCC(=O)Nc2nnc(-c3ccccc3)o2)cc1. The summed E-state index contributed by atoms with van der Waals surface area (Å²) in [6.45, 7) is 0.641. The quantitative estimate of drug-likeness (QED) is 0.521. The lowest BCUT2D eigenvalue weighted by molar-refractivity contribution is -0.147. The second kappa shape index (κ2) is 9.49. The molecular weight excluding hydrogens is 424 g/mol. The minimum absolute atomic E-state index is 0.0526. The lowest BCUT2D eigenvalue weighted by atomic mass is 10.2. The monoisotopic (exact) mass is 444 g/mol. The van der Waals surface area contributed by atoms with Gasteiger partial charge in [-0.2, -0.15) is 4.31 Å². The highest BCUT2D eigenvalue weighted by molar-refractivity contribution is 7.89. The van der Waals surface area contributed by atoms with Gasteiger partial charge >= 0.3 is 12.0 Å². The summed E-state index contributed by atoms with van der Waals surface area (Å²) in [7, 11) is -2.61. The largest absolute Gasteiger partial charge is 0.455 e. The molecule has 11 heteroatoms. The standard InChI is InChI=1S/C20H20N4O6S/c1-14-8-10-16(11-9-14)31(27,28)24(2)12-18(26)29-13-17(25)21-20-23-22-19(30-20)15-6-4-3-5-7-15/h3-11H,12-13H2,1-2H3,(H,21,23,25). The summed E-state index contributed by atoms with van der Waals surface area (Å²) < 4.78 is 36.0. The van der Waals surface area contributed by atoms with E-state index in [1.165, 1.54) is 19.2 Å². The zero-order valence-electron chi connectivity index (χ0n) is 16.8. The van der Waals surface area contributed by atoms with Crippen LogP contribution in [0.25, 0.3) is 11.5 Å². The number of sulfonamides is 1. The maximum atomic E-state index is 12.5. The van der Waals surface area contributed by atoms with Gasteiger partial charge in [0.1, 0.15) is 6.54 Å². The number of esters is 1. The number of aromatic nitrogens is 2. The van der Waals surface area contributed by atoms with E-state index in [1.807, 2.05) is 13.0 Å². The zero-order chi connectivity index (χ0) is 22.4. The molecule has 0 unspecified atom stereocenters. The number of ether oxygens (including phenoxy) is 1. The van der Waals surface area contributed by atoms with Crippen molar-refractivity contribution < 1.29 is 27.2 Å². The summed E-state index contributed by atoms with van der Waals surface area (Å²) in [5.41, 5.74) is 1.59. The highest BCUT2D eigenvalue weighted by Gasteiger charge is 2.24. The second-order valence-electron chi connectivity index (χ2n) is 6.56. The number of hydrogen-bond donors (Lipinski definition) is 1. The minimum Gasteiger partial charge on any atom is -0.455 e. The molecule has 0 fully saturated rings. The number of nitrogens with zero attached hydrogens (tertiary/aromatic N) is 3. The third-order valence-corrected chi connectivity index (χ3v) is 5.95. The van der Waals surface area contributed by atoms with E-state index in [-0.39, 0.29) is 16.8 Å². The third-order valence-electron chi connectivity index (χ3n) is 4.14. The van der Waals surface area contributed by atoms with Gasteiger partial charge in [0.15, 0.2) is 6.61 Å². The van der Waals surface area contributed by atoms with Gasteiger partial charge in [-0.15, -0.1) is 5.10 Å². The smallest absolute Gasteiger partial charge is 0.322 e. The summed E-state index contributed by atoms with van der Waals surface area (Å²) >= 11 is 0. The number of carbonyl (C=O) groups excluding carboxylic acids is 2. The van der Waals surface area contributed by atoms with Gasteiger partial charge in [-0.1, -0.05) is 41.0 Å². The first-order chi connectivity index (χ1) is 14.8. The zero-order valence-corrected chi connectivity index (χ0v) is 17.6. The highest BCUT2D eigenvalue weighted by atomic mass is 32.2. The van der Waals surface area contributed by atoms with Gasteiger partial charge in [-0.25, -0.2) is 8.42 Å². The van der Waals surface area contributed by atoms with Gasteiger partial charge in [-0.05, 0) is 31.2 Å². The van der Waals surface area contributed by atoms with Crippen LogP contribution >= 0.6 is 0 Å². The molecule has 162 valence electrons. The van der Waals surface area contributed by atoms with Gasteiger partial charge in [0.05, 0.1) is 4.90 Å². The summed E-state index contributed by atoms with van der Waals surface area (Å²) in [5, 5.41) is 9.84. The Morgan fingerprint density at radius 3 is 2.42 bits per heavy atom. The number of rotatable bonds is 8. The molecule has 0 radical (unpaired) electrons. The molecule has 0 bridgehead atoms. The van der Waals surface area contributed by atoms with E-state index < -0.39 is 35.1 Å². The lowest BCUT2D eigenvalue weighted by Crippen LogP contribution is -2.34. The van der Waals surface area contributed by atoms with E-state index in [0.717, 1.165) is 9.87 Å². The molecule has 0 spiro atoms. The Morgan fingerprint density at radius 2 is 1.74 bits per heavy atom. The lowest BCUT2D eigenvalue weighted by Gasteiger charge is -2.16. The van der Waals surface area contributed by atoms with Crippen LogP contribution in [0.3, 0.4) is 0 Å². The van der Waals surface area contributed by atoms with Crippen LogP contribution in [0.15, 0.2) is 63.9 Å². The topological polar surface area (TPSA) is 132 Å². The van der Waals surface area contributed by atoms with Crippen LogP contribution in [0.5, 0.6) is 0 Å². The number of nitrogens with one attached hydrogen (secondary N) is 1. The van der Waals surface area contributed by atoms with Crippen LogP contribution in [-0.4, -0.2) is 55.0 Å². The predicted octanol–water partition coefficient (Wildman–Crippen LogP) is 1.85. The van der Waals surface area contributed by atoms with Crippen LogP contribution in [0.2, 0.25) is 0 Å². The minimum atomic E-state index is -3.86. The summed E-state index contributed by atoms with van der Waals surface area (Å²) in [6, 6.07) is 15.0. The highest BCUT2D eigenvalue weighted by Crippen LogP contribution is 2.19. The molecule has 1 heterocycles. The van der Waals surface area contributed by atoms with E-state index in [2.05, 4.69) is 15.5 Å². The first-order valence-electron chi connectivity index (χ1n) is 9.13. The van der Waals surface area contributed by atoms with Gasteiger partial charge in [0.25, 0.3) is 5.91 Å². The Labute approximate surface area is 178 Å². The molecule has 0 aliphatic carbocycles. The van der Waals surface area contributed by atoms with E-state index >= 15 is 0 Å². The van der Waals surface area contributed by atoms with Crippen LogP contribution in [0, 0.1) is 6.92 Å². The van der Waals surface area contributed by atoms with Crippen molar-refractivity contribution in [2.75, 3.05) is 25.5 Å². The average Bonchev–Trinajstić information content (AvgIpc) is 3.21. The predicted molar refractivity (Wildman–Crippen MR) is 110 cm³/mol. The van der Waals surface area contributed by atoms with E-state index in [1.54, 1.807) is 36.4 Å². The number of benzene rings is 2. The first-order valence-corrected chi connectivity index (χ1v) is 10.6. The van der Waals surface area contributed by atoms with Crippen LogP contribution in [-0.2, 0) is 24.3 Å². The third kappa shape index (κ3) is 5.74. The normalized spacial score (nSPS) is 11.3. The molecule has 3 rings (SSSR count). The Balaban J connectivity index is 1.49. The first kappa shape index (κ1) is 22.1. The molecule has 1 amide bonds.